The summed E-state index contributed by atoms with van der Waals surface area (Å²) in [7, 11) is 0. The van der Waals surface area contributed by atoms with Gasteiger partial charge < -0.3 is 9.47 Å². The van der Waals surface area contributed by atoms with Gasteiger partial charge in [-0.25, -0.2) is 4.79 Å². The summed E-state index contributed by atoms with van der Waals surface area (Å²) < 4.78 is 10.2. The summed E-state index contributed by atoms with van der Waals surface area (Å²) in [5.41, 5.74) is 0.948. The van der Waals surface area contributed by atoms with E-state index in [0.29, 0.717) is 30.1 Å². The van der Waals surface area contributed by atoms with Crippen LogP contribution < -0.4 is 4.74 Å². The minimum Gasteiger partial charge on any atom is -0.493 e. The molecular formula is C14H17NO5. The van der Waals surface area contributed by atoms with Gasteiger partial charge in [-0.15, -0.1) is 0 Å². The summed E-state index contributed by atoms with van der Waals surface area (Å²) in [6, 6.07) is 4.26. The molecule has 0 spiro atoms. The molecule has 0 heterocycles. The van der Waals surface area contributed by atoms with Crippen molar-refractivity contribution in [2.45, 2.75) is 20.8 Å². The second kappa shape index (κ2) is 7.28. The van der Waals surface area contributed by atoms with Gasteiger partial charge in [0, 0.05) is 17.2 Å². The summed E-state index contributed by atoms with van der Waals surface area (Å²) >= 11 is 0. The van der Waals surface area contributed by atoms with Crippen LogP contribution in [0, 0.1) is 10.1 Å². The quantitative estimate of drug-likeness (QED) is 0.346. The number of benzene rings is 1. The number of hydrogen-bond donors (Lipinski definition) is 0. The average molecular weight is 279 g/mol. The molecule has 0 aromatic heterocycles. The van der Waals surface area contributed by atoms with E-state index >= 15 is 0 Å². The maximum absolute atomic E-state index is 11.6. The third-order valence-electron chi connectivity index (χ3n) is 2.48. The van der Waals surface area contributed by atoms with E-state index in [1.165, 1.54) is 12.1 Å². The zero-order valence-electron chi connectivity index (χ0n) is 11.7. The van der Waals surface area contributed by atoms with E-state index in [-0.39, 0.29) is 5.69 Å². The molecule has 0 amide bonds. The number of nitrogens with zero attached hydrogens (tertiary/aromatic N) is 1. The molecule has 0 N–H and O–H groups in total. The Labute approximate surface area is 117 Å². The monoisotopic (exact) mass is 279 g/mol. The normalized spacial score (nSPS) is 11.1. The van der Waals surface area contributed by atoms with Gasteiger partial charge in [-0.05, 0) is 32.9 Å². The number of esters is 1. The fourth-order valence-corrected chi connectivity index (χ4v) is 1.57. The predicted molar refractivity (Wildman–Crippen MR) is 74.5 cm³/mol. The van der Waals surface area contributed by atoms with Gasteiger partial charge in [0.2, 0.25) is 0 Å². The second-order valence-electron chi connectivity index (χ2n) is 3.96. The van der Waals surface area contributed by atoms with E-state index in [2.05, 4.69) is 0 Å². The van der Waals surface area contributed by atoms with Crippen molar-refractivity contribution < 1.29 is 19.2 Å². The minimum atomic E-state index is -0.492. The molecule has 0 saturated carbocycles. The Balaban J connectivity index is 3.13. The standard InChI is InChI=1S/C14H17NO5/c1-4-19-13-9-12(15(17)18)7-6-11(13)8-10(3)14(16)20-5-2/h6-9H,4-5H2,1-3H3. The van der Waals surface area contributed by atoms with Crippen LogP contribution in [-0.4, -0.2) is 24.1 Å². The Kier molecular flexibility index (Phi) is 5.71. The zero-order valence-corrected chi connectivity index (χ0v) is 11.7. The first-order valence-electron chi connectivity index (χ1n) is 6.26. The van der Waals surface area contributed by atoms with Crippen molar-refractivity contribution in [3.63, 3.8) is 0 Å². The number of nitro benzene ring substituents is 1. The van der Waals surface area contributed by atoms with Crippen molar-refractivity contribution in [1.82, 2.24) is 0 Å². The largest absolute Gasteiger partial charge is 0.493 e. The number of ether oxygens (including phenoxy) is 2. The van der Waals surface area contributed by atoms with Gasteiger partial charge in [0.1, 0.15) is 5.75 Å². The van der Waals surface area contributed by atoms with Crippen LogP contribution in [0.2, 0.25) is 0 Å². The van der Waals surface area contributed by atoms with E-state index in [4.69, 9.17) is 9.47 Å². The van der Waals surface area contributed by atoms with Gasteiger partial charge in [-0.3, -0.25) is 10.1 Å². The lowest BCUT2D eigenvalue weighted by atomic mass is 10.1. The van der Waals surface area contributed by atoms with Gasteiger partial charge in [-0.1, -0.05) is 0 Å². The molecule has 6 heteroatoms. The van der Waals surface area contributed by atoms with Gasteiger partial charge in [-0.2, -0.15) is 0 Å². The molecule has 1 aromatic carbocycles. The molecule has 0 saturated heterocycles. The molecule has 0 radical (unpaired) electrons. The molecule has 0 aliphatic carbocycles. The Morgan fingerprint density at radius 2 is 2.05 bits per heavy atom. The van der Waals surface area contributed by atoms with Crippen molar-refractivity contribution >= 4 is 17.7 Å². The fourth-order valence-electron chi connectivity index (χ4n) is 1.57. The van der Waals surface area contributed by atoms with Gasteiger partial charge in [0.05, 0.1) is 24.2 Å². The molecule has 20 heavy (non-hydrogen) atoms. The molecule has 0 aliphatic rings. The third kappa shape index (κ3) is 4.08. The Hall–Kier alpha value is -2.37. The maximum atomic E-state index is 11.6. The van der Waals surface area contributed by atoms with Crippen molar-refractivity contribution in [3.8, 4) is 5.75 Å². The molecule has 0 bridgehead atoms. The molecule has 0 fully saturated rings. The fraction of sp³-hybridized carbons (Fsp3) is 0.357. The number of nitro groups is 1. The summed E-state index contributed by atoms with van der Waals surface area (Å²) in [5, 5.41) is 10.7. The molecule has 0 aliphatic heterocycles. The number of carbonyl (C=O) groups is 1. The predicted octanol–water partition coefficient (Wildman–Crippen LogP) is 2.96. The van der Waals surface area contributed by atoms with Crippen LogP contribution in [0.25, 0.3) is 6.08 Å². The van der Waals surface area contributed by atoms with Crippen molar-refractivity contribution in [3.05, 3.63) is 39.4 Å². The van der Waals surface area contributed by atoms with Crippen LogP contribution in [0.5, 0.6) is 5.75 Å². The summed E-state index contributed by atoms with van der Waals surface area (Å²) in [6.45, 7) is 5.80. The number of carbonyl (C=O) groups excluding carboxylic acids is 1. The van der Waals surface area contributed by atoms with Crippen LogP contribution in [0.15, 0.2) is 23.8 Å². The Morgan fingerprint density at radius 3 is 2.60 bits per heavy atom. The Bertz CT molecular complexity index is 536. The molecule has 0 atom stereocenters. The van der Waals surface area contributed by atoms with Crippen LogP contribution in [-0.2, 0) is 9.53 Å². The Morgan fingerprint density at radius 1 is 1.35 bits per heavy atom. The third-order valence-corrected chi connectivity index (χ3v) is 2.48. The van der Waals surface area contributed by atoms with Crippen LogP contribution in [0.1, 0.15) is 26.3 Å². The smallest absolute Gasteiger partial charge is 0.333 e. The lowest BCUT2D eigenvalue weighted by molar-refractivity contribution is -0.384. The first-order valence-corrected chi connectivity index (χ1v) is 6.26. The number of hydrogen-bond acceptors (Lipinski definition) is 5. The van der Waals surface area contributed by atoms with E-state index in [9.17, 15) is 14.9 Å². The lowest BCUT2D eigenvalue weighted by Crippen LogP contribution is -2.05. The van der Waals surface area contributed by atoms with Gasteiger partial charge in [0.15, 0.2) is 0 Å². The average Bonchev–Trinajstić information content (AvgIpc) is 2.40. The van der Waals surface area contributed by atoms with Crippen LogP contribution in [0.3, 0.4) is 0 Å². The van der Waals surface area contributed by atoms with Crippen LogP contribution >= 0.6 is 0 Å². The van der Waals surface area contributed by atoms with E-state index in [1.54, 1.807) is 32.9 Å². The zero-order chi connectivity index (χ0) is 15.1. The first-order chi connectivity index (χ1) is 9.49. The molecule has 1 rings (SSSR count). The molecule has 108 valence electrons. The van der Waals surface area contributed by atoms with E-state index < -0.39 is 10.9 Å². The van der Waals surface area contributed by atoms with E-state index in [0.717, 1.165) is 0 Å². The molecule has 0 unspecified atom stereocenters. The lowest BCUT2D eigenvalue weighted by Gasteiger charge is -2.08. The molecule has 1 aromatic rings. The highest BCUT2D eigenvalue weighted by molar-refractivity contribution is 5.93. The van der Waals surface area contributed by atoms with Crippen molar-refractivity contribution in [2.24, 2.45) is 0 Å². The summed E-state index contributed by atoms with van der Waals surface area (Å²) in [6.07, 6.45) is 1.59. The second-order valence-corrected chi connectivity index (χ2v) is 3.96. The molecule has 6 nitrogen and oxygen atoms in total. The first kappa shape index (κ1) is 15.7. The summed E-state index contributed by atoms with van der Waals surface area (Å²) in [4.78, 5) is 21.8. The van der Waals surface area contributed by atoms with Crippen LogP contribution in [0.4, 0.5) is 5.69 Å². The topological polar surface area (TPSA) is 78.7 Å². The van der Waals surface area contributed by atoms with Crippen molar-refractivity contribution in [1.29, 1.82) is 0 Å². The maximum Gasteiger partial charge on any atom is 0.333 e. The highest BCUT2D eigenvalue weighted by atomic mass is 16.6. The van der Waals surface area contributed by atoms with Gasteiger partial charge in [0.25, 0.3) is 5.69 Å². The highest BCUT2D eigenvalue weighted by Gasteiger charge is 2.12. The molecular weight excluding hydrogens is 262 g/mol. The number of rotatable bonds is 6. The van der Waals surface area contributed by atoms with E-state index in [1.807, 2.05) is 0 Å². The summed E-state index contributed by atoms with van der Waals surface area (Å²) in [5.74, 6) is -0.0568. The minimum absolute atomic E-state index is 0.0561. The SMILES string of the molecule is CCOC(=O)C(C)=Cc1ccc([N+](=O)[O-])cc1OCC. The van der Waals surface area contributed by atoms with Gasteiger partial charge >= 0.3 is 5.97 Å². The van der Waals surface area contributed by atoms with Crippen molar-refractivity contribution in [2.75, 3.05) is 13.2 Å². The highest BCUT2D eigenvalue weighted by Crippen LogP contribution is 2.27. The number of non-ortho nitro benzene ring substituents is 1.